The van der Waals surface area contributed by atoms with Gasteiger partial charge in [0.1, 0.15) is 0 Å². The van der Waals surface area contributed by atoms with Gasteiger partial charge in [-0.25, -0.2) is 12.4 Å². The molecule has 176 valence electrons. The number of fused-ring (bicyclic) bond motifs is 1. The Morgan fingerprint density at radius 2 is 1.79 bits per heavy atom. The van der Waals surface area contributed by atoms with Gasteiger partial charge in [-0.3, -0.25) is 9.69 Å². The highest BCUT2D eigenvalue weighted by Crippen LogP contribution is 2.44. The van der Waals surface area contributed by atoms with Gasteiger partial charge in [-0.2, -0.15) is 0 Å². The molecule has 0 aliphatic carbocycles. The number of para-hydroxylation sites is 1. The monoisotopic (exact) mass is 468 g/mol. The number of piperidine rings is 1. The third kappa shape index (κ3) is 4.20. The van der Waals surface area contributed by atoms with E-state index in [2.05, 4.69) is 18.9 Å². The van der Waals surface area contributed by atoms with Gasteiger partial charge in [-0.1, -0.05) is 49.2 Å². The van der Waals surface area contributed by atoms with Crippen molar-refractivity contribution in [3.05, 3.63) is 65.9 Å². The molecular weight excluding hydrogens is 436 g/mol. The highest BCUT2D eigenvalue weighted by Gasteiger charge is 2.42. The van der Waals surface area contributed by atoms with E-state index in [9.17, 15) is 13.2 Å². The first kappa shape index (κ1) is 23.5. The molecule has 0 spiro atoms. The van der Waals surface area contributed by atoms with E-state index in [-0.39, 0.29) is 28.7 Å². The zero-order valence-electron chi connectivity index (χ0n) is 19.7. The van der Waals surface area contributed by atoms with E-state index < -0.39 is 10.0 Å². The summed E-state index contributed by atoms with van der Waals surface area (Å²) in [5.74, 6) is -0.324. The first-order valence-electron chi connectivity index (χ1n) is 11.6. The van der Waals surface area contributed by atoms with E-state index in [1.807, 2.05) is 50.2 Å². The van der Waals surface area contributed by atoms with Crippen LogP contribution in [0.5, 0.6) is 0 Å². The number of likely N-dealkylation sites (tertiary alicyclic amines) is 1. The highest BCUT2D eigenvalue weighted by atomic mass is 32.2. The molecule has 2 aromatic carbocycles. The van der Waals surface area contributed by atoms with Gasteiger partial charge < -0.3 is 4.74 Å². The maximum atomic E-state index is 13.6. The molecule has 1 fully saturated rings. The molecule has 1 aliphatic rings. The van der Waals surface area contributed by atoms with Crippen molar-refractivity contribution in [3.8, 4) is 0 Å². The van der Waals surface area contributed by atoms with E-state index in [0.717, 1.165) is 35.9 Å². The summed E-state index contributed by atoms with van der Waals surface area (Å²) < 4.78 is 34.0. The van der Waals surface area contributed by atoms with Gasteiger partial charge in [0.15, 0.2) is 0 Å². The summed E-state index contributed by atoms with van der Waals surface area (Å²) in [6, 6.07) is 14.4. The molecule has 3 atom stereocenters. The molecule has 4 rings (SSSR count). The first-order valence-corrected chi connectivity index (χ1v) is 13.0. The molecule has 0 N–H and O–H groups in total. The van der Waals surface area contributed by atoms with Crippen LogP contribution in [0, 0.1) is 18.8 Å². The lowest BCUT2D eigenvalue weighted by atomic mass is 9.75. The smallest absolute Gasteiger partial charge is 0.309 e. The molecule has 0 saturated carbocycles. The van der Waals surface area contributed by atoms with E-state index >= 15 is 0 Å². The molecule has 0 unspecified atom stereocenters. The molecule has 3 aromatic rings. The molecule has 0 amide bonds. The van der Waals surface area contributed by atoms with Gasteiger partial charge in [0.25, 0.3) is 10.0 Å². The summed E-state index contributed by atoms with van der Waals surface area (Å²) in [5, 5.41) is 0.896. The third-order valence-corrected chi connectivity index (χ3v) is 8.54. The lowest BCUT2D eigenvalue weighted by Gasteiger charge is -2.42. The van der Waals surface area contributed by atoms with Crippen molar-refractivity contribution < 1.29 is 17.9 Å². The number of carbonyl (C=O) groups excluding carboxylic acids is 1. The number of aromatic nitrogens is 1. The Morgan fingerprint density at radius 1 is 1.09 bits per heavy atom. The van der Waals surface area contributed by atoms with E-state index in [1.54, 1.807) is 18.3 Å². The number of aryl methyl sites for hydroxylation is 1. The largest absolute Gasteiger partial charge is 0.466 e. The zero-order valence-corrected chi connectivity index (χ0v) is 20.5. The van der Waals surface area contributed by atoms with Crippen LogP contribution in [0.4, 0.5) is 0 Å². The highest BCUT2D eigenvalue weighted by molar-refractivity contribution is 7.90. The Morgan fingerprint density at radius 3 is 2.45 bits per heavy atom. The number of benzene rings is 2. The predicted molar refractivity (Wildman–Crippen MR) is 130 cm³/mol. The Hall–Kier alpha value is -2.64. The maximum Gasteiger partial charge on any atom is 0.309 e. The van der Waals surface area contributed by atoms with Crippen LogP contribution in [0.1, 0.15) is 43.9 Å². The number of hydrogen-bond donors (Lipinski definition) is 0. The average Bonchev–Trinajstić information content (AvgIpc) is 3.19. The lowest BCUT2D eigenvalue weighted by molar-refractivity contribution is -0.153. The zero-order chi connectivity index (χ0) is 23.8. The lowest BCUT2D eigenvalue weighted by Crippen LogP contribution is -2.44. The molecule has 0 radical (unpaired) electrons. The normalized spacial score (nSPS) is 21.9. The molecule has 33 heavy (non-hydrogen) atoms. The average molecular weight is 469 g/mol. The van der Waals surface area contributed by atoms with Crippen molar-refractivity contribution in [2.24, 2.45) is 11.8 Å². The van der Waals surface area contributed by atoms with Gasteiger partial charge in [0, 0.05) is 17.6 Å². The van der Waals surface area contributed by atoms with Crippen molar-refractivity contribution >= 4 is 26.9 Å². The number of hydrogen-bond acceptors (Lipinski definition) is 5. The summed E-state index contributed by atoms with van der Waals surface area (Å²) in [5.41, 5.74) is 2.59. The van der Waals surface area contributed by atoms with Crippen LogP contribution in [0.15, 0.2) is 59.6 Å². The number of esters is 1. The molecule has 6 nitrogen and oxygen atoms in total. The van der Waals surface area contributed by atoms with E-state index in [0.29, 0.717) is 12.1 Å². The Kier molecular flexibility index (Phi) is 6.64. The number of ether oxygens (including phenoxy) is 1. The fourth-order valence-electron chi connectivity index (χ4n) is 5.19. The van der Waals surface area contributed by atoms with E-state index in [4.69, 9.17) is 4.74 Å². The van der Waals surface area contributed by atoms with Crippen molar-refractivity contribution in [1.82, 2.24) is 8.87 Å². The van der Waals surface area contributed by atoms with Crippen LogP contribution in [-0.4, -0.2) is 43.5 Å². The molecular formula is C26H32N2O4S. The number of rotatable bonds is 6. The second-order valence-electron chi connectivity index (χ2n) is 8.86. The Labute approximate surface area is 196 Å². The SMILES string of the molecule is CCOC(=O)[C@H]1CCN(C)[C@H](c2cn(S(=O)(=O)c3ccc(C)cc3)c3ccccc23)[C@H]1CC. The summed E-state index contributed by atoms with van der Waals surface area (Å²) in [4.78, 5) is 15.3. The fourth-order valence-corrected chi connectivity index (χ4v) is 6.57. The summed E-state index contributed by atoms with van der Waals surface area (Å²) in [6.07, 6.45) is 3.30. The van der Waals surface area contributed by atoms with Crippen molar-refractivity contribution in [2.45, 2.75) is 44.6 Å². The summed E-state index contributed by atoms with van der Waals surface area (Å²) >= 11 is 0. The van der Waals surface area contributed by atoms with Gasteiger partial charge in [-0.05, 0) is 63.5 Å². The third-order valence-electron chi connectivity index (χ3n) is 6.86. The second-order valence-corrected chi connectivity index (χ2v) is 10.7. The Balaban J connectivity index is 1.86. The van der Waals surface area contributed by atoms with Crippen molar-refractivity contribution in [1.29, 1.82) is 0 Å². The van der Waals surface area contributed by atoms with Crippen LogP contribution >= 0.6 is 0 Å². The Bertz CT molecular complexity index is 1250. The first-order chi connectivity index (χ1) is 15.8. The van der Waals surface area contributed by atoms with Crippen LogP contribution < -0.4 is 0 Å². The topological polar surface area (TPSA) is 68.6 Å². The quantitative estimate of drug-likeness (QED) is 0.488. The van der Waals surface area contributed by atoms with Gasteiger partial charge in [-0.15, -0.1) is 0 Å². The molecule has 1 saturated heterocycles. The molecule has 2 heterocycles. The van der Waals surface area contributed by atoms with Gasteiger partial charge in [0.05, 0.1) is 22.9 Å². The minimum Gasteiger partial charge on any atom is -0.466 e. The van der Waals surface area contributed by atoms with Gasteiger partial charge in [0.2, 0.25) is 0 Å². The predicted octanol–water partition coefficient (Wildman–Crippen LogP) is 4.77. The minimum atomic E-state index is -3.77. The molecule has 1 aromatic heterocycles. The summed E-state index contributed by atoms with van der Waals surface area (Å²) in [7, 11) is -1.72. The van der Waals surface area contributed by atoms with Crippen molar-refractivity contribution in [2.75, 3.05) is 20.2 Å². The number of nitrogens with zero attached hydrogens (tertiary/aromatic N) is 2. The van der Waals surface area contributed by atoms with Crippen LogP contribution in [0.3, 0.4) is 0 Å². The molecule has 1 aliphatic heterocycles. The van der Waals surface area contributed by atoms with Crippen molar-refractivity contribution in [3.63, 3.8) is 0 Å². The molecule has 0 bridgehead atoms. The van der Waals surface area contributed by atoms with Crippen LogP contribution in [0.2, 0.25) is 0 Å². The van der Waals surface area contributed by atoms with E-state index in [1.165, 1.54) is 3.97 Å². The number of carbonyl (C=O) groups is 1. The summed E-state index contributed by atoms with van der Waals surface area (Å²) in [6.45, 7) is 6.96. The fraction of sp³-hybridized carbons (Fsp3) is 0.423. The minimum absolute atomic E-state index is 0.0316. The van der Waals surface area contributed by atoms with Crippen LogP contribution in [0.25, 0.3) is 10.9 Å². The maximum absolute atomic E-state index is 13.6. The molecule has 7 heteroatoms. The van der Waals surface area contributed by atoms with Gasteiger partial charge >= 0.3 is 5.97 Å². The van der Waals surface area contributed by atoms with Crippen LogP contribution in [-0.2, 0) is 19.6 Å². The second kappa shape index (κ2) is 9.31. The standard InChI is InChI=1S/C26H32N2O4S/c1-5-20-22(26(29)32-6-2)15-16-27(4)25(20)23-17-28(24-10-8-7-9-21(23)24)33(30,31)19-13-11-18(3)12-14-19/h7-14,17,20,22,25H,5-6,15-16H2,1-4H3/t20-,22-,25-/m0/s1.